The zero-order valence-electron chi connectivity index (χ0n) is 3.74. The summed E-state index contributed by atoms with van der Waals surface area (Å²) in [7, 11) is 0. The van der Waals surface area contributed by atoms with E-state index in [0.717, 1.165) is 0 Å². The van der Waals surface area contributed by atoms with Crippen LogP contribution in [0, 0.1) is 36.9 Å². The molecule has 0 saturated heterocycles. The first-order valence-electron chi connectivity index (χ1n) is 0. The molecule has 7 heteroatoms. The summed E-state index contributed by atoms with van der Waals surface area (Å²) in [6.07, 6.45) is 0. The number of hydrogen-bond donors (Lipinski definition) is 0. The molecule has 0 aromatic heterocycles. The smallest absolute Gasteiger partial charge is 0 e. The molecule has 0 unspecified atom stereocenters. The largest absolute Gasteiger partial charge is 0 e. The predicted molar refractivity (Wildman–Crippen MR) is 34.5 cm³/mol. The van der Waals surface area contributed by atoms with Crippen LogP contribution >= 0.6 is 0 Å². The second kappa shape index (κ2) is 127. The summed E-state index contributed by atoms with van der Waals surface area (Å²) >= 11 is 0. The van der Waals surface area contributed by atoms with Gasteiger partial charge in [-0.1, -0.05) is 0 Å². The summed E-state index contributed by atoms with van der Waals surface area (Å²) in [6.45, 7) is 0. The Hall–Kier alpha value is 1.62. The van der Waals surface area contributed by atoms with Gasteiger partial charge in [0.2, 0.25) is 0 Å². The van der Waals surface area contributed by atoms with E-state index in [0.29, 0.717) is 0 Å². The maximum absolute atomic E-state index is 0. The summed E-state index contributed by atoms with van der Waals surface area (Å²) in [4.78, 5) is 0. The molecule has 0 aliphatic rings. The van der Waals surface area contributed by atoms with Crippen LogP contribution in [0.15, 0.2) is 0 Å². The standard InChI is InChI=1S/6B.Tm. The van der Waals surface area contributed by atoms with Crippen LogP contribution in [-0.4, -0.2) is 50.5 Å². The molecule has 0 fully saturated rings. The molecule has 0 spiro atoms. The first-order valence-corrected chi connectivity index (χ1v) is 0. The SMILES string of the molecule is [B].[B].[B].[B].[B].[B].[Tm]. The minimum absolute atomic E-state index is 0. The van der Waals surface area contributed by atoms with Crippen molar-refractivity contribution in [3.8, 4) is 0 Å². The van der Waals surface area contributed by atoms with Gasteiger partial charge < -0.3 is 0 Å². The average Bonchev–Trinajstić information content (AvgIpc) is 0. The Morgan fingerprint density at radius 1 is 0.286 bits per heavy atom. The van der Waals surface area contributed by atoms with Gasteiger partial charge in [0.1, 0.15) is 0 Å². The van der Waals surface area contributed by atoms with Gasteiger partial charge in [-0.15, -0.1) is 0 Å². The molecule has 0 aliphatic carbocycles. The van der Waals surface area contributed by atoms with Crippen molar-refractivity contribution in [3.05, 3.63) is 0 Å². The minimum atomic E-state index is 0. The fourth-order valence-corrected chi connectivity index (χ4v) is 0. The molecule has 0 aromatic rings. The van der Waals surface area contributed by atoms with Crippen LogP contribution in [0.2, 0.25) is 0 Å². The normalized spacial score (nSPS) is 0. The summed E-state index contributed by atoms with van der Waals surface area (Å²) in [5.41, 5.74) is 0. The first kappa shape index (κ1) is 190. The zero-order valence-corrected chi connectivity index (χ0v) is 5.52. The van der Waals surface area contributed by atoms with Crippen LogP contribution in [0.4, 0.5) is 0 Å². The van der Waals surface area contributed by atoms with Crippen LogP contribution in [0.1, 0.15) is 0 Å². The molecule has 0 heterocycles. The first-order chi connectivity index (χ1) is 0. The summed E-state index contributed by atoms with van der Waals surface area (Å²) < 4.78 is 0. The summed E-state index contributed by atoms with van der Waals surface area (Å²) in [5.74, 6) is 0. The van der Waals surface area contributed by atoms with Gasteiger partial charge in [-0.2, -0.15) is 0 Å². The zero-order chi connectivity index (χ0) is 0. The molecular formula is B6Tm. The fourth-order valence-electron chi connectivity index (χ4n) is 0. The monoisotopic (exact) mass is 235 g/mol. The van der Waals surface area contributed by atoms with E-state index in [1.807, 2.05) is 0 Å². The van der Waals surface area contributed by atoms with Gasteiger partial charge in [-0.25, -0.2) is 0 Å². The van der Waals surface area contributed by atoms with E-state index >= 15 is 0 Å². The van der Waals surface area contributed by atoms with Crippen molar-refractivity contribution in [2.24, 2.45) is 0 Å². The van der Waals surface area contributed by atoms with Crippen LogP contribution in [0.5, 0.6) is 0 Å². The third-order valence-corrected chi connectivity index (χ3v) is 0. The summed E-state index contributed by atoms with van der Waals surface area (Å²) in [6, 6.07) is 0. The van der Waals surface area contributed by atoms with E-state index in [-0.39, 0.29) is 87.4 Å². The van der Waals surface area contributed by atoms with Crippen LogP contribution < -0.4 is 0 Å². The van der Waals surface area contributed by atoms with Gasteiger partial charge in [0.15, 0.2) is 0 Å². The molecule has 0 atom stereocenters. The second-order valence-corrected chi connectivity index (χ2v) is 0. The van der Waals surface area contributed by atoms with Crippen molar-refractivity contribution in [1.82, 2.24) is 0 Å². The molecule has 0 bridgehead atoms. The van der Waals surface area contributed by atoms with Crippen LogP contribution in [0.25, 0.3) is 0 Å². The van der Waals surface area contributed by atoms with Gasteiger partial charge in [-0.05, 0) is 0 Å². The molecule has 0 nitrogen and oxygen atoms in total. The third-order valence-electron chi connectivity index (χ3n) is 0. The molecule has 0 N–H and O–H groups in total. The Bertz CT molecular complexity index is 4.14. The second-order valence-electron chi connectivity index (χ2n) is 0. The van der Waals surface area contributed by atoms with Crippen molar-refractivity contribution >= 4 is 50.5 Å². The van der Waals surface area contributed by atoms with Crippen molar-refractivity contribution in [3.63, 3.8) is 0 Å². The van der Waals surface area contributed by atoms with Crippen molar-refractivity contribution < 1.29 is 36.9 Å². The Morgan fingerprint density at radius 3 is 0.286 bits per heavy atom. The summed E-state index contributed by atoms with van der Waals surface area (Å²) in [5, 5.41) is 0. The molecular weight excluding hydrogens is 234 g/mol. The van der Waals surface area contributed by atoms with Gasteiger partial charge in [-0.3, -0.25) is 0 Å². The maximum Gasteiger partial charge on any atom is 0 e. The van der Waals surface area contributed by atoms with Gasteiger partial charge in [0, 0.05) is 87.4 Å². The van der Waals surface area contributed by atoms with E-state index < -0.39 is 0 Å². The minimum Gasteiger partial charge on any atom is 0 e. The van der Waals surface area contributed by atoms with Crippen molar-refractivity contribution in [2.75, 3.05) is 0 Å². The Kier molecular flexibility index (Phi) is 3450. The van der Waals surface area contributed by atoms with Crippen LogP contribution in [0.3, 0.4) is 0 Å². The maximum atomic E-state index is 0. The molecule has 0 amide bonds. The molecule has 31 valence electrons. The Labute approximate surface area is 86.6 Å². The van der Waals surface area contributed by atoms with E-state index in [2.05, 4.69) is 0 Å². The number of hydrogen-bond acceptors (Lipinski definition) is 0. The average molecular weight is 234 g/mol. The quantitative estimate of drug-likeness (QED) is 0.414. The fraction of sp³-hybridized carbons (Fsp3) is 0. The molecule has 0 saturated carbocycles. The molecule has 0 aromatic carbocycles. The Balaban J connectivity index is 0. The molecule has 19 radical (unpaired) electrons. The molecule has 7 heavy (non-hydrogen) atoms. The van der Waals surface area contributed by atoms with E-state index in [4.69, 9.17) is 0 Å². The molecule has 0 aliphatic heterocycles. The Morgan fingerprint density at radius 2 is 0.286 bits per heavy atom. The van der Waals surface area contributed by atoms with Gasteiger partial charge >= 0.3 is 0 Å². The van der Waals surface area contributed by atoms with E-state index in [9.17, 15) is 0 Å². The van der Waals surface area contributed by atoms with Crippen molar-refractivity contribution in [1.29, 1.82) is 0 Å². The van der Waals surface area contributed by atoms with E-state index in [1.54, 1.807) is 0 Å². The van der Waals surface area contributed by atoms with Gasteiger partial charge in [0.25, 0.3) is 0 Å². The predicted octanol–water partition coefficient (Wildman–Crippen LogP) is -2.28. The molecule has 0 rings (SSSR count). The van der Waals surface area contributed by atoms with E-state index in [1.165, 1.54) is 0 Å². The third kappa shape index (κ3) is 91.5. The van der Waals surface area contributed by atoms with Gasteiger partial charge in [0.05, 0.1) is 0 Å². The number of rotatable bonds is 0. The topological polar surface area (TPSA) is 0 Å². The van der Waals surface area contributed by atoms with Crippen LogP contribution in [-0.2, 0) is 0 Å². The van der Waals surface area contributed by atoms with Crippen molar-refractivity contribution in [2.45, 2.75) is 0 Å².